The third kappa shape index (κ3) is 16.5. The van der Waals surface area contributed by atoms with Crippen molar-refractivity contribution in [3.8, 4) is 34.8 Å². The molecule has 2 aliphatic carbocycles. The lowest BCUT2D eigenvalue weighted by atomic mass is 9.88. The molecular weight excluding hydrogens is 1310 g/mol. The molecule has 18 nitrogen and oxygen atoms in total. The molecule has 0 atom stereocenters. The van der Waals surface area contributed by atoms with E-state index >= 15 is 4.39 Å². The number of Topliss-reactive ketones (excluding diaryl/α,β-unsaturated/α-hetero) is 3. The topological polar surface area (TPSA) is 228 Å². The Morgan fingerprint density at radius 1 is 0.560 bits per heavy atom. The molecule has 0 radical (unpaired) electrons. The molecule has 6 heterocycles. The van der Waals surface area contributed by atoms with Gasteiger partial charge in [0.2, 0.25) is 11.8 Å². The van der Waals surface area contributed by atoms with Gasteiger partial charge in [-0.05, 0) is 122 Å². The lowest BCUT2D eigenvalue weighted by molar-refractivity contribution is -0.134. The van der Waals surface area contributed by atoms with E-state index in [0.29, 0.717) is 127 Å². The Morgan fingerprint density at radius 2 is 1.01 bits per heavy atom. The van der Waals surface area contributed by atoms with Gasteiger partial charge in [-0.1, -0.05) is 54.6 Å². The number of rotatable bonds is 18. The molecule has 12 rings (SSSR count). The van der Waals surface area contributed by atoms with Crippen molar-refractivity contribution < 1.29 is 70.3 Å². The van der Waals surface area contributed by atoms with E-state index < -0.39 is 46.6 Å². The second-order valence-electron chi connectivity index (χ2n) is 20.7. The number of ether oxygens (including phenoxy) is 6. The number of anilines is 1. The maximum Gasteiger partial charge on any atom is 0.339 e. The first-order valence-corrected chi connectivity index (χ1v) is 30.3. The van der Waals surface area contributed by atoms with Crippen molar-refractivity contribution in [3.05, 3.63) is 206 Å². The zero-order chi connectivity index (χ0) is 64.0. The van der Waals surface area contributed by atoms with Gasteiger partial charge in [-0.3, -0.25) is 34.2 Å². The number of pyridine rings is 4. The number of nitrogens with two attached hydrogens (primary N) is 1. The van der Waals surface area contributed by atoms with Crippen LogP contribution in [0.1, 0.15) is 29.5 Å². The van der Waals surface area contributed by atoms with Crippen LogP contribution >= 0.6 is 31.9 Å². The summed E-state index contributed by atoms with van der Waals surface area (Å²) < 4.78 is 90.7. The van der Waals surface area contributed by atoms with Crippen LogP contribution in [-0.4, -0.2) is 137 Å². The highest BCUT2D eigenvalue weighted by atomic mass is 79.9. The first-order valence-electron chi connectivity index (χ1n) is 28.7. The van der Waals surface area contributed by atoms with Gasteiger partial charge in [0.15, 0.2) is 40.5 Å². The number of morpholine rings is 2. The molecule has 4 aliphatic rings. The standard InChI is InChI=1S/C34H28BrF2N3O5.C20H20BrFN4O3.C13H9FO3/c35-31-32-26(20-39-34(31)44-17-14-40-12-15-43-16-13-40)29(10-11-38-32)45-30-9-4-21(18-27(30)37)19-28(41)25-3-1-2-24(33(25)42)22-5-7-23(36)8-6-22;21-18-19-14(12-25-20(18)28-10-7-26-5-8-27-9-6-26)16(3-4-24-19)29-17-2-1-13(23)11-15(17)22;14-9-6-4-8(5-7-9)10-2-1-3-11(12(10)15)13(16)17/h2-11,18,20H,1,12-17,19H2;1-4,11-12H,5-10,23H2;2-7H,1H2,(H,16,17). The molecule has 2 aliphatic heterocycles. The van der Waals surface area contributed by atoms with Crippen molar-refractivity contribution in [2.45, 2.75) is 19.3 Å². The Morgan fingerprint density at radius 3 is 1.47 bits per heavy atom. The summed E-state index contributed by atoms with van der Waals surface area (Å²) in [6.07, 6.45) is 13.2. The van der Waals surface area contributed by atoms with Crippen LogP contribution in [0.2, 0.25) is 0 Å². The molecular formula is C67H57Br2F4N7O11. The Labute approximate surface area is 535 Å². The van der Waals surface area contributed by atoms with Crippen molar-refractivity contribution in [2.75, 3.05) is 84.6 Å². The molecule has 0 unspecified atom stereocenters. The number of carbonyl (C=O) groups is 4. The number of fused-ring (bicyclic) bond motifs is 2. The number of carbonyl (C=O) groups excluding carboxylic acids is 3. The van der Waals surface area contributed by atoms with Crippen LogP contribution in [0.4, 0.5) is 23.2 Å². The monoisotopic (exact) mass is 1370 g/mol. The minimum Gasteiger partial charge on any atom is -0.478 e. The smallest absolute Gasteiger partial charge is 0.339 e. The zero-order valence-electron chi connectivity index (χ0n) is 48.5. The fourth-order valence-electron chi connectivity index (χ4n) is 9.93. The summed E-state index contributed by atoms with van der Waals surface area (Å²) >= 11 is 7.06. The maximum absolute atomic E-state index is 15.2. The number of hydrogen-bond acceptors (Lipinski definition) is 17. The fraction of sp³-hybridized carbons (Fsp3) is 0.224. The molecule has 3 N–H and O–H groups in total. The number of aromatic nitrogens is 4. The van der Waals surface area contributed by atoms with Crippen LogP contribution in [0.5, 0.6) is 34.8 Å². The van der Waals surface area contributed by atoms with Gasteiger partial charge in [0.05, 0.1) is 53.8 Å². The van der Waals surface area contributed by atoms with Gasteiger partial charge in [0.1, 0.15) is 50.9 Å². The average molecular weight is 1370 g/mol. The zero-order valence-corrected chi connectivity index (χ0v) is 51.7. The normalized spacial score (nSPS) is 15.2. The van der Waals surface area contributed by atoms with Crippen LogP contribution in [0.25, 0.3) is 33.0 Å². The Kier molecular flexibility index (Phi) is 21.9. The van der Waals surface area contributed by atoms with E-state index in [1.54, 1.807) is 67.3 Å². The summed E-state index contributed by atoms with van der Waals surface area (Å²) in [5.41, 5.74) is 8.99. The first-order chi connectivity index (χ1) is 44.1. The summed E-state index contributed by atoms with van der Waals surface area (Å²) in [4.78, 5) is 71.0. The molecule has 468 valence electrons. The highest BCUT2D eigenvalue weighted by Crippen LogP contribution is 2.39. The molecule has 0 amide bonds. The second-order valence-corrected chi connectivity index (χ2v) is 22.3. The summed E-state index contributed by atoms with van der Waals surface area (Å²) in [5, 5.41) is 10.0. The number of benzene rings is 4. The third-order valence-corrected chi connectivity index (χ3v) is 16.1. The van der Waals surface area contributed by atoms with Crippen LogP contribution in [-0.2, 0) is 35.1 Å². The number of nitrogen functional groups attached to an aromatic ring is 1. The molecule has 2 fully saturated rings. The number of ketones is 3. The number of hydrogen-bond donors (Lipinski definition) is 2. The minimum atomic E-state index is -1.23. The molecule has 4 aromatic carbocycles. The third-order valence-electron chi connectivity index (χ3n) is 14.7. The van der Waals surface area contributed by atoms with E-state index in [0.717, 1.165) is 52.5 Å². The van der Waals surface area contributed by atoms with Gasteiger partial charge < -0.3 is 39.3 Å². The fourth-order valence-corrected chi connectivity index (χ4v) is 11.0. The Balaban J connectivity index is 0.000000168. The molecule has 2 saturated heterocycles. The van der Waals surface area contributed by atoms with E-state index in [-0.39, 0.29) is 29.1 Å². The van der Waals surface area contributed by atoms with E-state index in [1.165, 1.54) is 78.9 Å². The van der Waals surface area contributed by atoms with E-state index in [9.17, 15) is 32.3 Å². The van der Waals surface area contributed by atoms with E-state index in [4.69, 9.17) is 39.3 Å². The summed E-state index contributed by atoms with van der Waals surface area (Å²) in [7, 11) is 0. The average Bonchev–Trinajstić information content (AvgIpc) is 1.25. The van der Waals surface area contributed by atoms with Gasteiger partial charge in [-0.2, -0.15) is 0 Å². The lowest BCUT2D eigenvalue weighted by Crippen LogP contribution is -2.38. The van der Waals surface area contributed by atoms with Crippen molar-refractivity contribution in [1.29, 1.82) is 0 Å². The van der Waals surface area contributed by atoms with Gasteiger partial charge >= 0.3 is 5.97 Å². The second kappa shape index (κ2) is 30.6. The van der Waals surface area contributed by atoms with Crippen LogP contribution < -0.4 is 24.7 Å². The van der Waals surface area contributed by atoms with Gasteiger partial charge in [-0.25, -0.2) is 32.3 Å². The summed E-state index contributed by atoms with van der Waals surface area (Å²) in [6, 6.07) is 22.7. The SMILES string of the molecule is Nc1ccc(Oc2ccnc3c(Br)c(OCCN4CCOCC4)ncc23)c(F)c1.O=C(Cc1ccc(Oc2ccnc3c(Br)c(OCCN4CCOCC4)ncc23)c(F)c1)C1=CCC=C(c2ccc(F)cc2)C1=O.O=C(O)C1=CCC=C(c2ccc(F)cc2)C1=O. The highest BCUT2D eigenvalue weighted by Gasteiger charge is 2.27. The number of halogens is 6. The maximum atomic E-state index is 15.2. The van der Waals surface area contributed by atoms with Crippen molar-refractivity contribution >= 4 is 93.8 Å². The minimum absolute atomic E-state index is 0.0309. The number of carboxylic acids is 1. The summed E-state index contributed by atoms with van der Waals surface area (Å²) in [5.74, 6) is -3.00. The van der Waals surface area contributed by atoms with Crippen LogP contribution in [0.3, 0.4) is 0 Å². The summed E-state index contributed by atoms with van der Waals surface area (Å²) in [6.45, 7) is 8.94. The van der Waals surface area contributed by atoms with Crippen molar-refractivity contribution in [1.82, 2.24) is 29.7 Å². The number of carboxylic acid groups (broad SMARTS) is 1. The number of allylic oxidation sites excluding steroid dienone is 7. The highest BCUT2D eigenvalue weighted by molar-refractivity contribution is 9.11. The van der Waals surface area contributed by atoms with Crippen molar-refractivity contribution in [2.24, 2.45) is 0 Å². The predicted molar refractivity (Wildman–Crippen MR) is 338 cm³/mol. The molecule has 4 aromatic heterocycles. The lowest BCUT2D eigenvalue weighted by Gasteiger charge is -2.26. The number of aliphatic carboxylic acids is 1. The predicted octanol–water partition coefficient (Wildman–Crippen LogP) is 12.1. The van der Waals surface area contributed by atoms with E-state index in [2.05, 4.69) is 61.6 Å². The molecule has 0 saturated carbocycles. The number of nitrogens with zero attached hydrogens (tertiary/aromatic N) is 6. The molecule has 8 aromatic rings. The van der Waals surface area contributed by atoms with Crippen LogP contribution in [0, 0.1) is 23.3 Å². The Bertz CT molecular complexity index is 4160. The molecule has 24 heteroatoms. The van der Waals surface area contributed by atoms with Gasteiger partial charge in [-0.15, -0.1) is 0 Å². The first kappa shape index (κ1) is 64.9. The van der Waals surface area contributed by atoms with Crippen molar-refractivity contribution in [3.63, 3.8) is 0 Å². The Hall–Kier alpha value is -9.04. The van der Waals surface area contributed by atoms with Crippen LogP contribution in [0.15, 0.2) is 166 Å². The molecule has 91 heavy (non-hydrogen) atoms. The molecule has 0 bridgehead atoms. The molecule has 0 spiro atoms. The largest absolute Gasteiger partial charge is 0.478 e. The van der Waals surface area contributed by atoms with Gasteiger partial charge in [0.25, 0.3) is 0 Å². The quantitative estimate of drug-likeness (QED) is 0.0462. The van der Waals surface area contributed by atoms with Gasteiger partial charge in [0, 0.05) is 93.4 Å². The van der Waals surface area contributed by atoms with E-state index in [1.807, 2.05) is 0 Å².